The Labute approximate surface area is 237 Å². The number of fused-ring (bicyclic) bond motifs is 3. The molecule has 0 fully saturated rings. The molecule has 0 bridgehead atoms. The fourth-order valence-corrected chi connectivity index (χ4v) is 5.04. The summed E-state index contributed by atoms with van der Waals surface area (Å²) in [7, 11) is 0. The molecule has 2 heterocycles. The van der Waals surface area contributed by atoms with Crippen LogP contribution in [0.5, 0.6) is 5.75 Å². The molecule has 0 spiro atoms. The van der Waals surface area contributed by atoms with Gasteiger partial charge in [0, 0.05) is 28.2 Å². The van der Waals surface area contributed by atoms with Crippen molar-refractivity contribution in [1.29, 1.82) is 0 Å². The summed E-state index contributed by atoms with van der Waals surface area (Å²) in [6.07, 6.45) is 4.96. The Hall–Kier alpha value is -2.10. The second-order valence-electron chi connectivity index (χ2n) is 9.58. The van der Waals surface area contributed by atoms with Gasteiger partial charge in [0.05, 0.1) is 13.2 Å². The van der Waals surface area contributed by atoms with E-state index in [1.807, 2.05) is 54.3 Å². The average Bonchev–Trinajstić information content (AvgIpc) is 3.23. The Morgan fingerprint density at radius 1 is 1.14 bits per heavy atom. The SMILES string of the molecule is CCOC(=O)N1CCc2c([nH]c3ccc(Cl)cc23)C1c1ccc(OCCCCCC[N-]C(C)C)cc1.[Li+]. The Balaban J connectivity index is 0.00000380. The quantitative estimate of drug-likeness (QED) is 0.297. The number of hydrogen-bond acceptors (Lipinski definition) is 3. The number of unbranched alkanes of at least 4 members (excludes halogenated alkanes) is 3. The van der Waals surface area contributed by atoms with E-state index in [0.717, 1.165) is 60.1 Å². The van der Waals surface area contributed by atoms with E-state index in [4.69, 9.17) is 21.1 Å². The molecule has 1 unspecified atom stereocenters. The Kier molecular flexibility index (Phi) is 11.3. The van der Waals surface area contributed by atoms with E-state index in [9.17, 15) is 4.79 Å². The van der Waals surface area contributed by atoms with Crippen LogP contribution in [0.1, 0.15) is 69.3 Å². The Morgan fingerprint density at radius 2 is 1.89 bits per heavy atom. The number of H-pyrrole nitrogens is 1. The monoisotopic (exact) mass is 517 g/mol. The van der Waals surface area contributed by atoms with Crippen LogP contribution in [0, 0.1) is 0 Å². The number of halogens is 1. The van der Waals surface area contributed by atoms with E-state index in [1.165, 1.54) is 12.0 Å². The van der Waals surface area contributed by atoms with Gasteiger partial charge in [-0.15, -0.1) is 12.6 Å². The fourth-order valence-electron chi connectivity index (χ4n) is 4.86. The van der Waals surface area contributed by atoms with Crippen molar-refractivity contribution in [2.24, 2.45) is 0 Å². The molecule has 4 rings (SSSR count). The first kappa shape index (κ1) is 29.5. The number of ether oxygens (including phenoxy) is 2. The van der Waals surface area contributed by atoms with Gasteiger partial charge in [-0.2, -0.15) is 0 Å². The van der Waals surface area contributed by atoms with Crippen LogP contribution in [0.2, 0.25) is 5.02 Å². The first-order valence-electron chi connectivity index (χ1n) is 13.1. The van der Waals surface area contributed by atoms with Gasteiger partial charge >= 0.3 is 25.0 Å². The topological polar surface area (TPSA) is 68.7 Å². The third-order valence-corrected chi connectivity index (χ3v) is 6.84. The normalized spacial score (nSPS) is 14.9. The van der Waals surface area contributed by atoms with Crippen LogP contribution in [-0.4, -0.2) is 48.3 Å². The first-order valence-corrected chi connectivity index (χ1v) is 13.5. The van der Waals surface area contributed by atoms with E-state index in [0.29, 0.717) is 30.8 Å². The van der Waals surface area contributed by atoms with Crippen molar-refractivity contribution in [3.05, 3.63) is 69.6 Å². The van der Waals surface area contributed by atoms with Crippen LogP contribution in [0.15, 0.2) is 42.5 Å². The van der Waals surface area contributed by atoms with Crippen molar-refractivity contribution in [1.82, 2.24) is 9.88 Å². The number of carbonyl (C=O) groups excluding carboxylic acids is 1. The first-order chi connectivity index (χ1) is 17.5. The molecule has 1 amide bonds. The second kappa shape index (κ2) is 14.2. The van der Waals surface area contributed by atoms with Crippen LogP contribution >= 0.6 is 11.6 Å². The molecule has 0 saturated heterocycles. The molecule has 6 nitrogen and oxygen atoms in total. The maximum absolute atomic E-state index is 12.9. The number of amides is 1. The van der Waals surface area contributed by atoms with Crippen molar-refractivity contribution in [3.63, 3.8) is 0 Å². The number of nitrogens with zero attached hydrogens (tertiary/aromatic N) is 2. The van der Waals surface area contributed by atoms with Crippen molar-refractivity contribution >= 4 is 28.6 Å². The van der Waals surface area contributed by atoms with Crippen LogP contribution in [0.4, 0.5) is 4.79 Å². The molecule has 2 aromatic carbocycles. The molecule has 0 saturated carbocycles. The number of aromatic amines is 1. The standard InChI is InChI=1S/C29H37ClN3O3.Li/c1-4-35-29(34)33-17-15-24-25-19-22(30)11-14-26(25)32-27(24)28(33)21-9-12-23(13-10-21)36-18-8-6-5-7-16-31-20(2)3;/h9-14,19-20,28,32H,4-8,15-18H2,1-3H3;/q-1;+1. The minimum Gasteiger partial charge on any atom is -0.660 e. The summed E-state index contributed by atoms with van der Waals surface area (Å²) >= 11 is 6.29. The van der Waals surface area contributed by atoms with Gasteiger partial charge in [-0.3, -0.25) is 4.90 Å². The van der Waals surface area contributed by atoms with Crippen molar-refractivity contribution in [2.45, 2.75) is 65.0 Å². The molecule has 3 aromatic rings. The van der Waals surface area contributed by atoms with Crippen molar-refractivity contribution < 1.29 is 33.1 Å². The minimum atomic E-state index is -0.300. The van der Waals surface area contributed by atoms with Crippen molar-refractivity contribution in [2.75, 3.05) is 26.3 Å². The van der Waals surface area contributed by atoms with E-state index in [-0.39, 0.29) is 31.0 Å². The van der Waals surface area contributed by atoms with E-state index < -0.39 is 0 Å². The van der Waals surface area contributed by atoms with Gasteiger partial charge in [0.25, 0.3) is 0 Å². The number of benzene rings is 2. The fraction of sp³-hybridized carbons (Fsp3) is 0.483. The molecule has 0 aliphatic carbocycles. The van der Waals surface area contributed by atoms with Crippen LogP contribution in [0.3, 0.4) is 0 Å². The summed E-state index contributed by atoms with van der Waals surface area (Å²) in [4.78, 5) is 18.2. The molecule has 1 atom stereocenters. The van der Waals surface area contributed by atoms with E-state index in [1.54, 1.807) is 0 Å². The second-order valence-corrected chi connectivity index (χ2v) is 10.0. The summed E-state index contributed by atoms with van der Waals surface area (Å²) in [6, 6.07) is 14.1. The van der Waals surface area contributed by atoms with E-state index >= 15 is 0 Å². The molecular weight excluding hydrogens is 481 g/mol. The van der Waals surface area contributed by atoms with Crippen molar-refractivity contribution in [3.8, 4) is 5.75 Å². The average molecular weight is 518 g/mol. The predicted molar refractivity (Wildman–Crippen MR) is 146 cm³/mol. The molecule has 194 valence electrons. The summed E-state index contributed by atoms with van der Waals surface area (Å²) in [5, 5.41) is 6.35. The maximum Gasteiger partial charge on any atom is 1.00 e. The molecule has 1 aliphatic rings. The van der Waals surface area contributed by atoms with Crippen LogP contribution < -0.4 is 23.6 Å². The summed E-state index contributed by atoms with van der Waals surface area (Å²) < 4.78 is 11.4. The van der Waals surface area contributed by atoms with Gasteiger partial charge in [0.2, 0.25) is 0 Å². The van der Waals surface area contributed by atoms with Crippen LogP contribution in [0.25, 0.3) is 16.2 Å². The van der Waals surface area contributed by atoms with E-state index in [2.05, 4.69) is 24.1 Å². The number of carbonyl (C=O) groups is 1. The third-order valence-electron chi connectivity index (χ3n) is 6.60. The molecular formula is C29H37ClLiN3O3. The number of aromatic nitrogens is 1. The minimum absolute atomic E-state index is 0. The Morgan fingerprint density at radius 3 is 2.62 bits per heavy atom. The Bertz CT molecular complexity index is 1150. The zero-order valence-electron chi connectivity index (χ0n) is 22.6. The number of nitrogens with one attached hydrogen (secondary N) is 1. The zero-order valence-corrected chi connectivity index (χ0v) is 23.3. The summed E-state index contributed by atoms with van der Waals surface area (Å²) in [5.74, 6) is 0.843. The molecule has 0 radical (unpaired) electrons. The largest absolute Gasteiger partial charge is 1.00 e. The molecule has 1 N–H and O–H groups in total. The van der Waals surface area contributed by atoms with Gasteiger partial charge in [-0.05, 0) is 61.2 Å². The summed E-state index contributed by atoms with van der Waals surface area (Å²) in [5.41, 5.74) is 4.27. The zero-order chi connectivity index (χ0) is 25.5. The van der Waals surface area contributed by atoms with Gasteiger partial charge in [0.1, 0.15) is 11.8 Å². The van der Waals surface area contributed by atoms with Crippen LogP contribution in [-0.2, 0) is 11.2 Å². The van der Waals surface area contributed by atoms with Gasteiger partial charge in [-0.1, -0.05) is 56.8 Å². The molecule has 37 heavy (non-hydrogen) atoms. The predicted octanol–water partition coefficient (Wildman–Crippen LogP) is 4.65. The van der Waals surface area contributed by atoms with Gasteiger partial charge in [0.15, 0.2) is 0 Å². The maximum atomic E-state index is 12.9. The summed E-state index contributed by atoms with van der Waals surface area (Å²) in [6.45, 7) is 8.66. The number of rotatable bonds is 11. The molecule has 1 aromatic heterocycles. The third kappa shape index (κ3) is 7.48. The number of hydrogen-bond donors (Lipinski definition) is 1. The smallest absolute Gasteiger partial charge is 0.660 e. The van der Waals surface area contributed by atoms with Gasteiger partial charge < -0.3 is 19.8 Å². The van der Waals surface area contributed by atoms with Gasteiger partial charge in [-0.25, -0.2) is 4.79 Å². The molecule has 8 heteroatoms. The molecule has 1 aliphatic heterocycles.